The average molecular weight is 352 g/mol. The van der Waals surface area contributed by atoms with E-state index in [2.05, 4.69) is 26.3 Å². The van der Waals surface area contributed by atoms with Gasteiger partial charge in [0.15, 0.2) is 11.3 Å². The van der Waals surface area contributed by atoms with E-state index < -0.39 is 0 Å². The number of morpholine rings is 1. The van der Waals surface area contributed by atoms with E-state index in [0.717, 1.165) is 28.1 Å². The number of amides is 2. The van der Waals surface area contributed by atoms with Crippen molar-refractivity contribution in [3.05, 3.63) is 36.6 Å². The molecule has 8 heteroatoms. The number of aromatic nitrogens is 4. The Hall–Kier alpha value is -2.87. The van der Waals surface area contributed by atoms with Gasteiger partial charge < -0.3 is 19.5 Å². The second-order valence-corrected chi connectivity index (χ2v) is 6.83. The van der Waals surface area contributed by atoms with Crippen molar-refractivity contribution in [1.82, 2.24) is 29.2 Å². The molecule has 5 heterocycles. The number of nitrogens with one attached hydrogen (secondary N) is 1. The first-order valence-corrected chi connectivity index (χ1v) is 8.87. The van der Waals surface area contributed by atoms with E-state index in [1.54, 1.807) is 6.20 Å². The second-order valence-electron chi connectivity index (χ2n) is 6.83. The van der Waals surface area contributed by atoms with Crippen LogP contribution in [-0.4, -0.2) is 68.0 Å². The number of aromatic amines is 1. The van der Waals surface area contributed by atoms with Gasteiger partial charge in [0.2, 0.25) is 0 Å². The number of urea groups is 1. The molecule has 3 aromatic rings. The van der Waals surface area contributed by atoms with Gasteiger partial charge in [-0.1, -0.05) is 6.92 Å². The van der Waals surface area contributed by atoms with Gasteiger partial charge in [0.05, 0.1) is 36.8 Å². The second kappa shape index (κ2) is 5.84. The predicted molar refractivity (Wildman–Crippen MR) is 96.5 cm³/mol. The highest BCUT2D eigenvalue weighted by Gasteiger charge is 2.31. The number of rotatable bonds is 1. The molecule has 0 aromatic carbocycles. The van der Waals surface area contributed by atoms with E-state index in [4.69, 9.17) is 4.74 Å². The topological polar surface area (TPSA) is 78.8 Å². The molecule has 0 bridgehead atoms. The summed E-state index contributed by atoms with van der Waals surface area (Å²) < 4.78 is 7.45. The molecule has 0 saturated carbocycles. The van der Waals surface area contributed by atoms with E-state index >= 15 is 0 Å². The summed E-state index contributed by atoms with van der Waals surface area (Å²) in [6.45, 7) is 5.35. The van der Waals surface area contributed by atoms with Crippen molar-refractivity contribution in [2.45, 2.75) is 6.92 Å². The van der Waals surface area contributed by atoms with E-state index in [1.807, 2.05) is 34.5 Å². The molecule has 3 aromatic heterocycles. The third-order valence-electron chi connectivity index (χ3n) is 5.16. The third-order valence-corrected chi connectivity index (χ3v) is 5.16. The minimum absolute atomic E-state index is 0.0532. The Morgan fingerprint density at radius 3 is 2.96 bits per heavy atom. The van der Waals surface area contributed by atoms with Gasteiger partial charge in [-0.05, 0) is 11.6 Å². The molecule has 0 aliphatic carbocycles. The van der Waals surface area contributed by atoms with Crippen molar-refractivity contribution in [3.63, 3.8) is 0 Å². The largest absolute Gasteiger partial charge is 0.378 e. The lowest BCUT2D eigenvalue weighted by atomic mass is 10.0. The molecule has 0 radical (unpaired) electrons. The van der Waals surface area contributed by atoms with Crippen LogP contribution in [0.2, 0.25) is 0 Å². The molecule has 26 heavy (non-hydrogen) atoms. The number of nitrogens with zero attached hydrogens (tertiary/aromatic N) is 5. The monoisotopic (exact) mass is 352 g/mol. The van der Waals surface area contributed by atoms with Crippen LogP contribution < -0.4 is 0 Å². The maximum absolute atomic E-state index is 12.8. The van der Waals surface area contributed by atoms with Gasteiger partial charge in [0.1, 0.15) is 0 Å². The maximum atomic E-state index is 12.8. The molecule has 1 saturated heterocycles. The van der Waals surface area contributed by atoms with Crippen molar-refractivity contribution in [1.29, 1.82) is 0 Å². The predicted octanol–water partition coefficient (Wildman–Crippen LogP) is 1.96. The van der Waals surface area contributed by atoms with E-state index in [9.17, 15) is 4.79 Å². The lowest BCUT2D eigenvalue weighted by molar-refractivity contribution is 0.0469. The number of carbonyl (C=O) groups is 1. The van der Waals surface area contributed by atoms with Crippen molar-refractivity contribution >= 4 is 28.4 Å². The number of hydrogen-bond acceptors (Lipinski definition) is 4. The molecule has 8 nitrogen and oxygen atoms in total. The van der Waals surface area contributed by atoms with Crippen LogP contribution in [0.15, 0.2) is 30.9 Å². The number of H-pyrrole nitrogens is 1. The lowest BCUT2D eigenvalue weighted by Crippen LogP contribution is -2.46. The highest BCUT2D eigenvalue weighted by Crippen LogP contribution is 2.32. The quantitative estimate of drug-likeness (QED) is 0.726. The minimum Gasteiger partial charge on any atom is -0.378 e. The first kappa shape index (κ1) is 15.4. The van der Waals surface area contributed by atoms with Crippen LogP contribution in [0.1, 0.15) is 12.6 Å². The summed E-state index contributed by atoms with van der Waals surface area (Å²) in [5, 5.41) is 0. The Kier molecular flexibility index (Phi) is 3.46. The fourth-order valence-corrected chi connectivity index (χ4v) is 3.80. The van der Waals surface area contributed by atoms with Gasteiger partial charge in [-0.2, -0.15) is 0 Å². The van der Waals surface area contributed by atoms with Crippen LogP contribution in [0.4, 0.5) is 4.79 Å². The highest BCUT2D eigenvalue weighted by atomic mass is 16.5. The van der Waals surface area contributed by atoms with Crippen molar-refractivity contribution in [2.75, 3.05) is 32.8 Å². The maximum Gasteiger partial charge on any atom is 0.324 e. The molecule has 2 amide bonds. The number of imidazole rings is 1. The number of fused-ring (bicyclic) bond motifs is 3. The normalized spacial score (nSPS) is 21.0. The first-order valence-electron chi connectivity index (χ1n) is 8.87. The fraction of sp³-hybridized carbons (Fsp3) is 0.389. The Labute approximate surface area is 150 Å². The molecule has 1 atom stereocenters. The van der Waals surface area contributed by atoms with Crippen LogP contribution in [0.3, 0.4) is 0 Å². The molecule has 1 fully saturated rings. The van der Waals surface area contributed by atoms with Crippen molar-refractivity contribution in [2.24, 2.45) is 5.92 Å². The standard InChI is InChI=1S/C18H20N6O2/c1-12-10-23(18(25)22-4-6-26-7-5-22)11-13(12)15-8-20-16-9-21-17-14(24(15)16)2-3-19-17/h2-3,8-9,11-12,19H,4-7,10H2,1H3/t12-/m1/s1. The van der Waals surface area contributed by atoms with Crippen LogP contribution in [0.5, 0.6) is 0 Å². The highest BCUT2D eigenvalue weighted by molar-refractivity contribution is 5.83. The van der Waals surface area contributed by atoms with Gasteiger partial charge in [0, 0.05) is 37.9 Å². The molecule has 1 N–H and O–H groups in total. The van der Waals surface area contributed by atoms with Crippen LogP contribution in [0.25, 0.3) is 22.4 Å². The minimum atomic E-state index is 0.0532. The molecule has 2 aliphatic rings. The van der Waals surface area contributed by atoms with Crippen molar-refractivity contribution < 1.29 is 9.53 Å². The van der Waals surface area contributed by atoms with Gasteiger partial charge >= 0.3 is 6.03 Å². The summed E-state index contributed by atoms with van der Waals surface area (Å²) >= 11 is 0. The molecule has 134 valence electrons. The zero-order chi connectivity index (χ0) is 17.7. The number of ether oxygens (including phenoxy) is 1. The van der Waals surface area contributed by atoms with Gasteiger partial charge in [-0.3, -0.25) is 4.40 Å². The Bertz CT molecular complexity index is 1010. The molecular formula is C18H20N6O2. The fourth-order valence-electron chi connectivity index (χ4n) is 3.80. The van der Waals surface area contributed by atoms with E-state index in [0.29, 0.717) is 32.8 Å². The van der Waals surface area contributed by atoms with Gasteiger partial charge in [-0.15, -0.1) is 0 Å². The number of carbonyl (C=O) groups excluding carboxylic acids is 1. The van der Waals surface area contributed by atoms with Crippen LogP contribution >= 0.6 is 0 Å². The average Bonchev–Trinajstić information content (AvgIpc) is 3.38. The smallest absolute Gasteiger partial charge is 0.324 e. The Morgan fingerprint density at radius 2 is 2.12 bits per heavy atom. The molecule has 0 spiro atoms. The van der Waals surface area contributed by atoms with Crippen LogP contribution in [0, 0.1) is 5.92 Å². The zero-order valence-corrected chi connectivity index (χ0v) is 14.6. The van der Waals surface area contributed by atoms with E-state index in [-0.39, 0.29) is 11.9 Å². The molecule has 2 aliphatic heterocycles. The first-order chi connectivity index (χ1) is 12.7. The summed E-state index contributed by atoms with van der Waals surface area (Å²) in [6.07, 6.45) is 7.49. The summed E-state index contributed by atoms with van der Waals surface area (Å²) in [6, 6.07) is 2.05. The zero-order valence-electron chi connectivity index (χ0n) is 14.6. The van der Waals surface area contributed by atoms with Gasteiger partial charge in [0.25, 0.3) is 0 Å². The van der Waals surface area contributed by atoms with Gasteiger partial charge in [-0.25, -0.2) is 14.8 Å². The summed E-state index contributed by atoms with van der Waals surface area (Å²) in [7, 11) is 0. The molecular weight excluding hydrogens is 332 g/mol. The molecule has 5 rings (SSSR count). The van der Waals surface area contributed by atoms with Crippen LogP contribution in [-0.2, 0) is 4.74 Å². The summed E-state index contributed by atoms with van der Waals surface area (Å²) in [4.78, 5) is 28.5. The Balaban J connectivity index is 1.54. The summed E-state index contributed by atoms with van der Waals surface area (Å²) in [5.41, 5.74) is 4.74. The molecule has 0 unspecified atom stereocenters. The third kappa shape index (κ3) is 2.29. The van der Waals surface area contributed by atoms with E-state index in [1.165, 1.54) is 0 Å². The van der Waals surface area contributed by atoms with Crippen molar-refractivity contribution in [3.8, 4) is 0 Å². The number of hydrogen-bond donors (Lipinski definition) is 1. The summed E-state index contributed by atoms with van der Waals surface area (Å²) in [5.74, 6) is 0.238. The lowest BCUT2D eigenvalue weighted by Gasteiger charge is -2.30. The Morgan fingerprint density at radius 1 is 1.27 bits per heavy atom. The SMILES string of the molecule is C[C@@H]1CN(C(=O)N2CCOCC2)C=C1c1cnc2cnc3[nH]ccc3n12.